The summed E-state index contributed by atoms with van der Waals surface area (Å²) in [4.78, 5) is 28.3. The Balaban J connectivity index is 1.58. The number of benzene rings is 2. The zero-order chi connectivity index (χ0) is 25.2. The summed E-state index contributed by atoms with van der Waals surface area (Å²) in [7, 11) is 0. The van der Waals surface area contributed by atoms with Crippen molar-refractivity contribution in [3.63, 3.8) is 0 Å². The van der Waals surface area contributed by atoms with E-state index >= 15 is 0 Å². The van der Waals surface area contributed by atoms with Gasteiger partial charge in [-0.2, -0.15) is 0 Å². The number of primary amides is 1. The first-order valence-electron chi connectivity index (χ1n) is 12.9. The Labute approximate surface area is 210 Å². The number of amides is 2. The summed E-state index contributed by atoms with van der Waals surface area (Å²) in [6.07, 6.45) is 3.65. The molecule has 1 aliphatic rings. The third kappa shape index (κ3) is 8.61. The van der Waals surface area contributed by atoms with Gasteiger partial charge in [-0.05, 0) is 60.9 Å². The number of nitrogens with zero attached hydrogens (tertiary/aromatic N) is 2. The molecule has 0 aliphatic carbocycles. The number of hydrogen-bond acceptors (Lipinski definition) is 4. The molecule has 0 spiro atoms. The van der Waals surface area contributed by atoms with E-state index in [1.807, 2.05) is 30.0 Å². The van der Waals surface area contributed by atoms with E-state index < -0.39 is 0 Å². The van der Waals surface area contributed by atoms with Gasteiger partial charge in [-0.25, -0.2) is 0 Å². The zero-order valence-corrected chi connectivity index (χ0v) is 21.5. The molecule has 0 bridgehead atoms. The lowest BCUT2D eigenvalue weighted by Gasteiger charge is -2.40. The molecule has 190 valence electrons. The molecule has 2 aromatic carbocycles. The number of likely N-dealkylation sites (tertiary alicyclic amines) is 1. The molecule has 1 aliphatic heterocycles. The van der Waals surface area contributed by atoms with Gasteiger partial charge in [0.2, 0.25) is 11.8 Å². The van der Waals surface area contributed by atoms with Crippen LogP contribution in [0.2, 0.25) is 0 Å². The highest BCUT2D eigenvalue weighted by atomic mass is 16.5. The minimum atomic E-state index is -0.346. The Morgan fingerprint density at radius 2 is 1.66 bits per heavy atom. The molecule has 2 N–H and O–H groups in total. The summed E-state index contributed by atoms with van der Waals surface area (Å²) in [6.45, 7) is 9.49. The van der Waals surface area contributed by atoms with Crippen molar-refractivity contribution in [1.82, 2.24) is 4.90 Å². The van der Waals surface area contributed by atoms with Crippen LogP contribution in [-0.4, -0.2) is 42.4 Å². The molecule has 0 saturated carbocycles. The van der Waals surface area contributed by atoms with Crippen LogP contribution in [-0.2, 0) is 16.2 Å². The maximum absolute atomic E-state index is 12.7. The highest BCUT2D eigenvalue weighted by molar-refractivity contribution is 5.78. The number of hydrogen-bond donors (Lipinski definition) is 1. The van der Waals surface area contributed by atoms with Gasteiger partial charge in [0.15, 0.2) is 0 Å². The largest absolute Gasteiger partial charge is 0.489 e. The van der Waals surface area contributed by atoms with E-state index in [1.54, 1.807) is 0 Å². The predicted molar refractivity (Wildman–Crippen MR) is 141 cm³/mol. The van der Waals surface area contributed by atoms with E-state index in [1.165, 1.54) is 5.69 Å². The number of carbonyl (C=O) groups excluding carboxylic acids is 2. The van der Waals surface area contributed by atoms with E-state index in [9.17, 15) is 9.59 Å². The minimum absolute atomic E-state index is 0.0112. The SMILES string of the molecule is CC(C)CCN(c1ccc(OCc2ccccc2)cc1)C1CCN(C(=O)CC(C)CC(N)=O)CC1. The molecule has 2 amide bonds. The van der Waals surface area contributed by atoms with E-state index in [0.717, 1.165) is 50.2 Å². The topological polar surface area (TPSA) is 75.9 Å². The fourth-order valence-electron chi connectivity index (χ4n) is 4.66. The normalized spacial score (nSPS) is 15.1. The number of rotatable bonds is 12. The van der Waals surface area contributed by atoms with Crippen LogP contribution in [0.1, 0.15) is 58.4 Å². The van der Waals surface area contributed by atoms with Gasteiger partial charge in [0.05, 0.1) is 0 Å². The Kier molecular flexibility index (Phi) is 10.0. The van der Waals surface area contributed by atoms with Crippen LogP contribution in [0.25, 0.3) is 0 Å². The maximum atomic E-state index is 12.7. The van der Waals surface area contributed by atoms with Crippen LogP contribution >= 0.6 is 0 Å². The molecule has 6 heteroatoms. The Morgan fingerprint density at radius 1 is 1.00 bits per heavy atom. The first-order valence-corrected chi connectivity index (χ1v) is 12.9. The van der Waals surface area contributed by atoms with Gasteiger partial charge < -0.3 is 20.3 Å². The highest BCUT2D eigenvalue weighted by Gasteiger charge is 2.28. The lowest BCUT2D eigenvalue weighted by atomic mass is 9.98. The molecule has 1 heterocycles. The number of piperidine rings is 1. The molecular weight excluding hydrogens is 438 g/mol. The molecule has 3 rings (SSSR count). The Hall–Kier alpha value is -3.02. The quantitative estimate of drug-likeness (QED) is 0.464. The molecule has 0 radical (unpaired) electrons. The molecular formula is C29H41N3O3. The number of carbonyl (C=O) groups is 2. The molecule has 1 unspecified atom stereocenters. The zero-order valence-electron chi connectivity index (χ0n) is 21.5. The monoisotopic (exact) mass is 479 g/mol. The summed E-state index contributed by atoms with van der Waals surface area (Å²) >= 11 is 0. The van der Waals surface area contributed by atoms with Crippen LogP contribution in [0.4, 0.5) is 5.69 Å². The number of anilines is 1. The van der Waals surface area contributed by atoms with E-state index in [2.05, 4.69) is 55.1 Å². The summed E-state index contributed by atoms with van der Waals surface area (Å²) in [5, 5.41) is 0. The predicted octanol–water partition coefficient (Wildman–Crippen LogP) is 5.01. The van der Waals surface area contributed by atoms with Crippen LogP contribution in [0.5, 0.6) is 5.75 Å². The van der Waals surface area contributed by atoms with Crippen molar-refractivity contribution in [3.05, 3.63) is 60.2 Å². The van der Waals surface area contributed by atoms with E-state index in [4.69, 9.17) is 10.5 Å². The van der Waals surface area contributed by atoms with Crippen molar-refractivity contribution in [2.24, 2.45) is 17.6 Å². The van der Waals surface area contributed by atoms with E-state index in [-0.39, 0.29) is 24.2 Å². The third-order valence-electron chi connectivity index (χ3n) is 6.69. The van der Waals surface area contributed by atoms with Gasteiger partial charge in [-0.1, -0.05) is 51.1 Å². The molecule has 35 heavy (non-hydrogen) atoms. The van der Waals surface area contributed by atoms with Crippen molar-refractivity contribution >= 4 is 17.5 Å². The van der Waals surface area contributed by atoms with Crippen molar-refractivity contribution in [1.29, 1.82) is 0 Å². The Bertz CT molecular complexity index is 922. The molecule has 2 aromatic rings. The Morgan fingerprint density at radius 3 is 2.26 bits per heavy atom. The third-order valence-corrected chi connectivity index (χ3v) is 6.69. The van der Waals surface area contributed by atoms with Crippen molar-refractivity contribution in [3.8, 4) is 5.75 Å². The molecule has 1 fully saturated rings. The molecule has 1 saturated heterocycles. The first kappa shape index (κ1) is 26.6. The summed E-state index contributed by atoms with van der Waals surface area (Å²) in [5.41, 5.74) is 7.64. The lowest BCUT2D eigenvalue weighted by Crippen LogP contribution is -2.47. The van der Waals surface area contributed by atoms with Gasteiger partial charge in [-0.15, -0.1) is 0 Å². The minimum Gasteiger partial charge on any atom is -0.489 e. The number of nitrogens with two attached hydrogens (primary N) is 1. The van der Waals surface area contributed by atoms with Gasteiger partial charge in [-0.3, -0.25) is 9.59 Å². The second-order valence-corrected chi connectivity index (χ2v) is 10.2. The first-order chi connectivity index (χ1) is 16.8. The van der Waals surface area contributed by atoms with E-state index in [0.29, 0.717) is 25.0 Å². The van der Waals surface area contributed by atoms with Gasteiger partial charge >= 0.3 is 0 Å². The fourth-order valence-corrected chi connectivity index (χ4v) is 4.66. The van der Waals surface area contributed by atoms with Crippen molar-refractivity contribution in [2.45, 2.75) is 65.5 Å². The maximum Gasteiger partial charge on any atom is 0.222 e. The van der Waals surface area contributed by atoms with Crippen molar-refractivity contribution < 1.29 is 14.3 Å². The number of ether oxygens (including phenoxy) is 1. The van der Waals surface area contributed by atoms with Crippen LogP contribution in [0, 0.1) is 11.8 Å². The molecule has 0 aromatic heterocycles. The van der Waals surface area contributed by atoms with Gasteiger partial charge in [0.1, 0.15) is 12.4 Å². The molecule has 6 nitrogen and oxygen atoms in total. The standard InChI is InChI=1S/C29H41N3O3/c1-22(2)13-18-32(25-9-11-27(12-10-25)35-21-24-7-5-4-6-8-24)26-14-16-31(17-15-26)29(34)20-23(3)19-28(30)33/h4-12,22-23,26H,13-21H2,1-3H3,(H2,30,33). The second kappa shape index (κ2) is 13.2. The van der Waals surface area contributed by atoms with Crippen molar-refractivity contribution in [2.75, 3.05) is 24.5 Å². The average molecular weight is 480 g/mol. The highest BCUT2D eigenvalue weighted by Crippen LogP contribution is 2.27. The summed E-state index contributed by atoms with van der Waals surface area (Å²) in [6, 6.07) is 19.0. The fraction of sp³-hybridized carbons (Fsp3) is 0.517. The smallest absolute Gasteiger partial charge is 0.222 e. The van der Waals surface area contributed by atoms with Crippen LogP contribution in [0.15, 0.2) is 54.6 Å². The summed E-state index contributed by atoms with van der Waals surface area (Å²) in [5.74, 6) is 1.27. The van der Waals surface area contributed by atoms with Gasteiger partial charge in [0.25, 0.3) is 0 Å². The van der Waals surface area contributed by atoms with Gasteiger partial charge in [0, 0.05) is 44.2 Å². The van der Waals surface area contributed by atoms with Crippen LogP contribution < -0.4 is 15.4 Å². The summed E-state index contributed by atoms with van der Waals surface area (Å²) < 4.78 is 5.97. The van der Waals surface area contributed by atoms with Crippen LogP contribution in [0.3, 0.4) is 0 Å². The average Bonchev–Trinajstić information content (AvgIpc) is 2.84. The second-order valence-electron chi connectivity index (χ2n) is 10.2. The lowest BCUT2D eigenvalue weighted by molar-refractivity contribution is -0.133. The molecule has 1 atom stereocenters.